The highest BCUT2D eigenvalue weighted by molar-refractivity contribution is 5.37. The Hall–Kier alpha value is -1.20. The van der Waals surface area contributed by atoms with Crippen LogP contribution in [0.3, 0.4) is 0 Å². The van der Waals surface area contributed by atoms with Gasteiger partial charge in [-0.15, -0.1) is 0 Å². The smallest absolute Gasteiger partial charge is 0.168 e. The predicted molar refractivity (Wildman–Crippen MR) is 54.4 cm³/mol. The fraction of sp³-hybridized carbons (Fsp3) is 0.455. The molecule has 2 rings (SSSR count). The Kier molecular flexibility index (Phi) is 2.82. The van der Waals surface area contributed by atoms with Crippen LogP contribution in [0.5, 0.6) is 5.75 Å². The van der Waals surface area contributed by atoms with E-state index in [0.717, 1.165) is 6.07 Å². The summed E-state index contributed by atoms with van der Waals surface area (Å²) in [4.78, 5) is 0. The highest BCUT2D eigenvalue weighted by atomic mass is 19.1. The van der Waals surface area contributed by atoms with E-state index < -0.39 is 17.2 Å². The molecule has 1 aromatic carbocycles. The average molecular weight is 229 g/mol. The Balaban J connectivity index is 2.31. The van der Waals surface area contributed by atoms with E-state index >= 15 is 0 Å². The minimum absolute atomic E-state index is 0.00160. The summed E-state index contributed by atoms with van der Waals surface area (Å²) in [5, 5.41) is 12.8. The molecule has 0 aliphatic carbocycles. The topological polar surface area (TPSA) is 41.5 Å². The van der Waals surface area contributed by atoms with Gasteiger partial charge in [0.25, 0.3) is 0 Å². The van der Waals surface area contributed by atoms with E-state index in [1.807, 2.05) is 0 Å². The van der Waals surface area contributed by atoms with E-state index in [9.17, 15) is 13.9 Å². The maximum Gasteiger partial charge on any atom is 0.168 e. The summed E-state index contributed by atoms with van der Waals surface area (Å²) in [6.45, 7) is 0.850. The van der Waals surface area contributed by atoms with Gasteiger partial charge >= 0.3 is 0 Å². The molecule has 0 amide bonds. The van der Waals surface area contributed by atoms with Crippen LogP contribution >= 0.6 is 0 Å². The summed E-state index contributed by atoms with van der Waals surface area (Å²) < 4.78 is 31.3. The molecular formula is C11H13F2NO2. The minimum Gasteiger partial charge on any atom is -0.493 e. The second kappa shape index (κ2) is 3.99. The molecule has 3 nitrogen and oxygen atoms in total. The molecule has 16 heavy (non-hydrogen) atoms. The molecule has 2 N–H and O–H groups in total. The third kappa shape index (κ3) is 2.01. The molecule has 5 heteroatoms. The quantitative estimate of drug-likeness (QED) is 0.807. The summed E-state index contributed by atoms with van der Waals surface area (Å²) in [7, 11) is 1.32. The first kappa shape index (κ1) is 11.3. The van der Waals surface area contributed by atoms with Crippen molar-refractivity contribution in [3.05, 3.63) is 29.3 Å². The lowest BCUT2D eigenvalue weighted by molar-refractivity contribution is -0.00955. The van der Waals surface area contributed by atoms with E-state index in [1.54, 1.807) is 0 Å². The molecule has 1 aliphatic heterocycles. The van der Waals surface area contributed by atoms with Gasteiger partial charge in [0.15, 0.2) is 11.6 Å². The molecule has 0 unspecified atom stereocenters. The lowest BCUT2D eigenvalue weighted by atomic mass is 9.88. The van der Waals surface area contributed by atoms with Crippen molar-refractivity contribution >= 4 is 0 Å². The van der Waals surface area contributed by atoms with Gasteiger partial charge in [-0.25, -0.2) is 8.78 Å². The molecule has 0 aromatic heterocycles. The Morgan fingerprint density at radius 1 is 1.44 bits per heavy atom. The maximum absolute atomic E-state index is 13.3. The van der Waals surface area contributed by atoms with Crippen molar-refractivity contribution < 1.29 is 18.6 Å². The lowest BCUT2D eigenvalue weighted by Crippen LogP contribution is -2.60. The SMILES string of the molecule is COc1c(F)cc(F)cc1CC1(O)CNC1. The van der Waals surface area contributed by atoms with Crippen LogP contribution < -0.4 is 10.1 Å². The number of β-amino-alcohol motifs (C(OH)–C–C–N with tert-alkyl or cyclic N) is 1. The van der Waals surface area contributed by atoms with E-state index in [-0.39, 0.29) is 12.2 Å². The predicted octanol–water partition coefficient (Wildman–Crippen LogP) is 0.850. The van der Waals surface area contributed by atoms with Crippen molar-refractivity contribution in [1.82, 2.24) is 5.32 Å². The van der Waals surface area contributed by atoms with Crippen LogP contribution in [0.4, 0.5) is 8.78 Å². The first-order chi connectivity index (χ1) is 7.54. The highest BCUT2D eigenvalue weighted by Gasteiger charge is 2.35. The molecule has 1 aromatic rings. The van der Waals surface area contributed by atoms with Crippen LogP contribution in [0.25, 0.3) is 0 Å². The van der Waals surface area contributed by atoms with Crippen LogP contribution in [-0.2, 0) is 6.42 Å². The molecule has 1 fully saturated rings. The van der Waals surface area contributed by atoms with Crippen LogP contribution in [0, 0.1) is 11.6 Å². The molecule has 0 radical (unpaired) electrons. The minimum atomic E-state index is -0.923. The highest BCUT2D eigenvalue weighted by Crippen LogP contribution is 2.28. The number of ether oxygens (including phenoxy) is 1. The lowest BCUT2D eigenvalue weighted by Gasteiger charge is -2.38. The molecule has 0 bridgehead atoms. The van der Waals surface area contributed by atoms with Crippen LogP contribution in [0.15, 0.2) is 12.1 Å². The van der Waals surface area contributed by atoms with Crippen molar-refractivity contribution in [2.24, 2.45) is 0 Å². The largest absolute Gasteiger partial charge is 0.493 e. The summed E-state index contributed by atoms with van der Waals surface area (Å²) in [5.74, 6) is -1.40. The summed E-state index contributed by atoms with van der Waals surface area (Å²) >= 11 is 0. The molecule has 0 spiro atoms. The molecule has 0 saturated carbocycles. The summed E-state index contributed by atoms with van der Waals surface area (Å²) in [5.41, 5.74) is -0.572. The standard InChI is InChI=1S/C11H13F2NO2/c1-16-10-7(2-8(12)3-9(10)13)4-11(15)5-14-6-11/h2-3,14-15H,4-6H2,1H3. The third-order valence-corrected chi connectivity index (χ3v) is 2.72. The van der Waals surface area contributed by atoms with Gasteiger partial charge in [0.05, 0.1) is 12.7 Å². The number of halogens is 2. The third-order valence-electron chi connectivity index (χ3n) is 2.72. The van der Waals surface area contributed by atoms with Gasteiger partial charge in [-0.3, -0.25) is 0 Å². The molecule has 1 saturated heterocycles. The fourth-order valence-electron chi connectivity index (χ4n) is 1.87. The van der Waals surface area contributed by atoms with E-state index in [2.05, 4.69) is 5.32 Å². The van der Waals surface area contributed by atoms with Gasteiger partial charge < -0.3 is 15.2 Å². The molecule has 1 aliphatic rings. The zero-order valence-corrected chi connectivity index (χ0v) is 8.89. The number of hydrogen-bond donors (Lipinski definition) is 2. The molecule has 1 heterocycles. The first-order valence-corrected chi connectivity index (χ1v) is 4.99. The second-order valence-corrected chi connectivity index (χ2v) is 4.08. The maximum atomic E-state index is 13.3. The van der Waals surface area contributed by atoms with E-state index in [0.29, 0.717) is 18.7 Å². The van der Waals surface area contributed by atoms with Gasteiger partial charge in [-0.1, -0.05) is 0 Å². The van der Waals surface area contributed by atoms with E-state index in [1.165, 1.54) is 13.2 Å². The molecule has 0 atom stereocenters. The fourth-order valence-corrected chi connectivity index (χ4v) is 1.87. The van der Waals surface area contributed by atoms with Crippen molar-refractivity contribution in [2.75, 3.05) is 20.2 Å². The normalized spacial score (nSPS) is 18.0. The monoisotopic (exact) mass is 229 g/mol. The molecular weight excluding hydrogens is 216 g/mol. The molecule has 88 valence electrons. The van der Waals surface area contributed by atoms with Gasteiger partial charge in [0.1, 0.15) is 5.82 Å². The van der Waals surface area contributed by atoms with Crippen LogP contribution in [0.2, 0.25) is 0 Å². The number of benzene rings is 1. The van der Waals surface area contributed by atoms with Crippen LogP contribution in [0.1, 0.15) is 5.56 Å². The number of aliphatic hydroxyl groups is 1. The number of nitrogens with one attached hydrogen (secondary N) is 1. The first-order valence-electron chi connectivity index (χ1n) is 4.99. The van der Waals surface area contributed by atoms with Crippen molar-refractivity contribution in [3.8, 4) is 5.75 Å². The van der Waals surface area contributed by atoms with Crippen molar-refractivity contribution in [3.63, 3.8) is 0 Å². The summed E-state index contributed by atoms with van der Waals surface area (Å²) in [6, 6.07) is 1.96. The van der Waals surface area contributed by atoms with Gasteiger partial charge in [0, 0.05) is 31.1 Å². The van der Waals surface area contributed by atoms with Crippen molar-refractivity contribution in [1.29, 1.82) is 0 Å². The van der Waals surface area contributed by atoms with Crippen molar-refractivity contribution in [2.45, 2.75) is 12.0 Å². The van der Waals surface area contributed by atoms with E-state index in [4.69, 9.17) is 4.74 Å². The van der Waals surface area contributed by atoms with Gasteiger partial charge in [-0.05, 0) is 6.07 Å². The Morgan fingerprint density at radius 2 is 2.12 bits per heavy atom. The van der Waals surface area contributed by atoms with Gasteiger partial charge in [0.2, 0.25) is 0 Å². The second-order valence-electron chi connectivity index (χ2n) is 4.08. The number of methoxy groups -OCH3 is 1. The zero-order valence-electron chi connectivity index (χ0n) is 8.89. The van der Waals surface area contributed by atoms with Gasteiger partial charge in [-0.2, -0.15) is 0 Å². The Labute approximate surface area is 92.0 Å². The number of rotatable bonds is 3. The number of hydrogen-bond acceptors (Lipinski definition) is 3. The Bertz CT molecular complexity index is 405. The Morgan fingerprint density at radius 3 is 2.62 bits per heavy atom. The average Bonchev–Trinajstić information content (AvgIpc) is 2.14. The zero-order chi connectivity index (χ0) is 11.8. The van der Waals surface area contributed by atoms with Crippen LogP contribution in [-0.4, -0.2) is 30.9 Å². The summed E-state index contributed by atoms with van der Waals surface area (Å²) in [6.07, 6.45) is 0.178.